The fourth-order valence-electron chi connectivity index (χ4n) is 3.97. The zero-order valence-electron chi connectivity index (χ0n) is 16.0. The van der Waals surface area contributed by atoms with E-state index in [0.717, 1.165) is 32.4 Å². The highest BCUT2D eigenvalue weighted by atomic mass is 32.2. The van der Waals surface area contributed by atoms with Crippen LogP contribution < -0.4 is 5.32 Å². The van der Waals surface area contributed by atoms with Crippen molar-refractivity contribution in [1.82, 2.24) is 14.5 Å². The van der Waals surface area contributed by atoms with Crippen molar-refractivity contribution in [3.8, 4) is 0 Å². The number of carbonyl (C=O) groups excluding carboxylic acids is 1. The highest BCUT2D eigenvalue weighted by molar-refractivity contribution is 7.89. The molecule has 1 aromatic rings. The Morgan fingerprint density at radius 3 is 2.37 bits per heavy atom. The second kappa shape index (κ2) is 9.66. The average molecular weight is 394 g/mol. The lowest BCUT2D eigenvalue weighted by molar-refractivity contribution is -0.122. The van der Waals surface area contributed by atoms with Gasteiger partial charge >= 0.3 is 0 Å². The Hall–Kier alpha value is -1.44. The summed E-state index contributed by atoms with van der Waals surface area (Å²) in [6, 6.07) is 8.57. The Bertz CT molecular complexity index is 694. The highest BCUT2D eigenvalue weighted by Crippen LogP contribution is 2.25. The van der Waals surface area contributed by atoms with Crippen LogP contribution in [0.2, 0.25) is 0 Å². The van der Waals surface area contributed by atoms with Gasteiger partial charge in [-0.3, -0.25) is 4.79 Å². The summed E-state index contributed by atoms with van der Waals surface area (Å²) in [5.74, 6) is 0.367. The third kappa shape index (κ3) is 5.77. The molecule has 27 heavy (non-hydrogen) atoms. The summed E-state index contributed by atoms with van der Waals surface area (Å²) in [6.07, 6.45) is 5.58. The van der Waals surface area contributed by atoms with E-state index in [1.807, 2.05) is 6.07 Å². The third-order valence-corrected chi connectivity index (χ3v) is 7.51. The molecule has 1 amide bonds. The molecule has 2 fully saturated rings. The Morgan fingerprint density at radius 1 is 1.04 bits per heavy atom. The van der Waals surface area contributed by atoms with Gasteiger partial charge in [0.15, 0.2) is 0 Å². The Morgan fingerprint density at radius 2 is 1.70 bits per heavy atom. The van der Waals surface area contributed by atoms with Crippen molar-refractivity contribution in [3.05, 3.63) is 30.3 Å². The fourth-order valence-corrected chi connectivity index (χ4v) is 5.46. The molecular weight excluding hydrogens is 362 g/mol. The van der Waals surface area contributed by atoms with Crippen LogP contribution in [-0.2, 0) is 14.8 Å². The predicted molar refractivity (Wildman–Crippen MR) is 106 cm³/mol. The summed E-state index contributed by atoms with van der Waals surface area (Å²) < 4.78 is 26.8. The van der Waals surface area contributed by atoms with Crippen LogP contribution in [0, 0.1) is 5.92 Å². The number of benzene rings is 1. The maximum atomic E-state index is 12.6. The second-order valence-corrected chi connectivity index (χ2v) is 9.55. The van der Waals surface area contributed by atoms with Gasteiger partial charge in [-0.25, -0.2) is 8.42 Å². The van der Waals surface area contributed by atoms with Crippen LogP contribution in [0.25, 0.3) is 0 Å². The number of piperidine rings is 1. The van der Waals surface area contributed by atoms with Crippen molar-refractivity contribution in [2.45, 2.75) is 43.4 Å². The van der Waals surface area contributed by atoms with Crippen LogP contribution in [0.3, 0.4) is 0 Å². The number of nitrogens with one attached hydrogen (secondary N) is 1. The van der Waals surface area contributed by atoms with Crippen molar-refractivity contribution in [2.24, 2.45) is 5.92 Å². The standard InChI is InChI=1S/C20H31N3O3S/c24-20(21-11-6-14-22-12-4-5-13-22)17-18-9-15-23(16-10-18)27(25,26)19-7-2-1-3-8-19/h1-3,7-8,18H,4-6,9-17H2,(H,21,24). The summed E-state index contributed by atoms with van der Waals surface area (Å²) in [6.45, 7) is 5.16. The highest BCUT2D eigenvalue weighted by Gasteiger charge is 2.29. The minimum Gasteiger partial charge on any atom is -0.356 e. The van der Waals surface area contributed by atoms with Crippen LogP contribution in [0.5, 0.6) is 0 Å². The zero-order valence-corrected chi connectivity index (χ0v) is 16.8. The summed E-state index contributed by atoms with van der Waals surface area (Å²) in [5.41, 5.74) is 0. The molecule has 7 heteroatoms. The van der Waals surface area contributed by atoms with Gasteiger partial charge in [0.05, 0.1) is 4.90 Å². The monoisotopic (exact) mass is 393 g/mol. The number of rotatable bonds is 8. The molecule has 0 aliphatic carbocycles. The normalized spacial score (nSPS) is 20.0. The minimum atomic E-state index is -3.41. The summed E-state index contributed by atoms with van der Waals surface area (Å²) in [5, 5.41) is 3.02. The Balaban J connectivity index is 1.36. The first kappa shape index (κ1) is 20.3. The van der Waals surface area contributed by atoms with Gasteiger partial charge in [0, 0.05) is 26.1 Å². The number of nitrogens with zero attached hydrogens (tertiary/aromatic N) is 2. The van der Waals surface area contributed by atoms with Crippen LogP contribution in [0.1, 0.15) is 38.5 Å². The molecule has 0 spiro atoms. The molecule has 0 unspecified atom stereocenters. The molecule has 0 aromatic heterocycles. The lowest BCUT2D eigenvalue weighted by Gasteiger charge is -2.31. The average Bonchev–Trinajstić information content (AvgIpc) is 3.20. The van der Waals surface area contributed by atoms with Crippen LogP contribution in [0.4, 0.5) is 0 Å². The molecule has 150 valence electrons. The van der Waals surface area contributed by atoms with E-state index in [1.54, 1.807) is 28.6 Å². The minimum absolute atomic E-state index is 0.0980. The smallest absolute Gasteiger partial charge is 0.243 e. The SMILES string of the molecule is O=C(CC1CCN(S(=O)(=O)c2ccccc2)CC1)NCCCN1CCCC1. The summed E-state index contributed by atoms with van der Waals surface area (Å²) >= 11 is 0. The van der Waals surface area contributed by atoms with E-state index >= 15 is 0 Å². The number of amides is 1. The molecule has 0 atom stereocenters. The van der Waals surface area contributed by atoms with Crippen molar-refractivity contribution in [3.63, 3.8) is 0 Å². The summed E-state index contributed by atoms with van der Waals surface area (Å²) in [4.78, 5) is 15.0. The maximum absolute atomic E-state index is 12.6. The van der Waals surface area contributed by atoms with Crippen LogP contribution in [0.15, 0.2) is 35.2 Å². The van der Waals surface area contributed by atoms with Gasteiger partial charge in [0.2, 0.25) is 15.9 Å². The van der Waals surface area contributed by atoms with Gasteiger partial charge in [-0.05, 0) is 69.8 Å². The molecular formula is C20H31N3O3S. The topological polar surface area (TPSA) is 69.7 Å². The van der Waals surface area contributed by atoms with Gasteiger partial charge in [-0.2, -0.15) is 4.31 Å². The molecule has 2 aliphatic rings. The van der Waals surface area contributed by atoms with Gasteiger partial charge in [-0.1, -0.05) is 18.2 Å². The Labute approximate surface area is 163 Å². The van der Waals surface area contributed by atoms with E-state index in [-0.39, 0.29) is 11.8 Å². The van der Waals surface area contributed by atoms with Crippen molar-refractivity contribution < 1.29 is 13.2 Å². The molecule has 3 rings (SSSR count). The van der Waals surface area contributed by atoms with Gasteiger partial charge in [0.1, 0.15) is 0 Å². The zero-order chi connectivity index (χ0) is 19.1. The first-order valence-electron chi connectivity index (χ1n) is 10.1. The van der Waals surface area contributed by atoms with E-state index in [2.05, 4.69) is 10.2 Å². The Kier molecular flexibility index (Phi) is 7.26. The van der Waals surface area contributed by atoms with E-state index in [4.69, 9.17) is 0 Å². The number of hydrogen-bond donors (Lipinski definition) is 1. The van der Waals surface area contributed by atoms with E-state index in [9.17, 15) is 13.2 Å². The van der Waals surface area contributed by atoms with E-state index in [1.165, 1.54) is 25.9 Å². The van der Waals surface area contributed by atoms with E-state index in [0.29, 0.717) is 24.4 Å². The van der Waals surface area contributed by atoms with Gasteiger partial charge in [0.25, 0.3) is 0 Å². The van der Waals surface area contributed by atoms with Crippen LogP contribution in [-0.4, -0.2) is 62.8 Å². The first-order valence-corrected chi connectivity index (χ1v) is 11.5. The van der Waals surface area contributed by atoms with Gasteiger partial charge in [-0.15, -0.1) is 0 Å². The largest absolute Gasteiger partial charge is 0.356 e. The molecule has 6 nitrogen and oxygen atoms in total. The van der Waals surface area contributed by atoms with E-state index < -0.39 is 10.0 Å². The third-order valence-electron chi connectivity index (χ3n) is 5.60. The van der Waals surface area contributed by atoms with Crippen molar-refractivity contribution in [1.29, 1.82) is 0 Å². The number of likely N-dealkylation sites (tertiary alicyclic amines) is 1. The lowest BCUT2D eigenvalue weighted by atomic mass is 9.94. The molecule has 0 bridgehead atoms. The van der Waals surface area contributed by atoms with Crippen molar-refractivity contribution >= 4 is 15.9 Å². The fraction of sp³-hybridized carbons (Fsp3) is 0.650. The summed E-state index contributed by atoms with van der Waals surface area (Å²) in [7, 11) is -3.41. The second-order valence-electron chi connectivity index (χ2n) is 7.62. The molecule has 1 N–H and O–H groups in total. The molecule has 2 heterocycles. The predicted octanol–water partition coefficient (Wildman–Crippen LogP) is 2.08. The quantitative estimate of drug-likeness (QED) is 0.687. The molecule has 2 saturated heterocycles. The maximum Gasteiger partial charge on any atom is 0.243 e. The lowest BCUT2D eigenvalue weighted by Crippen LogP contribution is -2.39. The molecule has 0 saturated carbocycles. The van der Waals surface area contributed by atoms with Crippen molar-refractivity contribution in [2.75, 3.05) is 39.3 Å². The molecule has 2 aliphatic heterocycles. The molecule has 0 radical (unpaired) electrons. The first-order chi connectivity index (χ1) is 13.1. The number of carbonyl (C=O) groups is 1. The molecule has 1 aromatic carbocycles. The number of sulfonamides is 1. The van der Waals surface area contributed by atoms with Gasteiger partial charge < -0.3 is 10.2 Å². The van der Waals surface area contributed by atoms with Crippen LogP contribution >= 0.6 is 0 Å². The number of hydrogen-bond acceptors (Lipinski definition) is 4.